The Morgan fingerprint density at radius 3 is 2.71 bits per heavy atom. The monoisotopic (exact) mass is 454 g/mol. The molecule has 0 radical (unpaired) electrons. The average molecular weight is 455 g/mol. The van der Waals surface area contributed by atoms with Gasteiger partial charge in [-0.25, -0.2) is 0 Å². The molecule has 0 aliphatic carbocycles. The first-order valence-electron chi connectivity index (χ1n) is 11.1. The maximum Gasteiger partial charge on any atom is 0.310 e. The Morgan fingerprint density at radius 2 is 1.94 bits per heavy atom. The number of hydrogen-bond donors (Lipinski definition) is 1. The van der Waals surface area contributed by atoms with Crippen LogP contribution in [0, 0.1) is 18.3 Å². The van der Waals surface area contributed by atoms with E-state index in [4.69, 9.17) is 19.6 Å². The van der Waals surface area contributed by atoms with E-state index in [1.165, 1.54) is 0 Å². The van der Waals surface area contributed by atoms with E-state index < -0.39 is 0 Å². The summed E-state index contributed by atoms with van der Waals surface area (Å²) in [5.74, 6) is 0.972. The maximum atomic E-state index is 12.0. The Hall–Kier alpha value is -4.08. The molecule has 0 saturated carbocycles. The summed E-state index contributed by atoms with van der Waals surface area (Å²) in [4.78, 5) is 12.0. The molecule has 0 spiro atoms. The van der Waals surface area contributed by atoms with Gasteiger partial charge in [-0.05, 0) is 66.9 Å². The summed E-state index contributed by atoms with van der Waals surface area (Å²) in [6, 6.07) is 21.3. The molecule has 0 unspecified atom stereocenters. The molecule has 0 amide bonds. The van der Waals surface area contributed by atoms with Crippen molar-refractivity contribution < 1.29 is 18.7 Å². The van der Waals surface area contributed by atoms with Gasteiger partial charge in [0.1, 0.15) is 23.7 Å². The number of carbonyl (C=O) groups excluding carboxylic acids is 1. The quantitative estimate of drug-likeness (QED) is 0.357. The van der Waals surface area contributed by atoms with E-state index >= 15 is 0 Å². The summed E-state index contributed by atoms with van der Waals surface area (Å²) >= 11 is 0. The lowest BCUT2D eigenvalue weighted by atomic mass is 9.99. The topological polar surface area (TPSA) is 98.5 Å². The second kappa shape index (κ2) is 10.2. The number of benzene rings is 3. The number of ether oxygens (including phenoxy) is 2. The van der Waals surface area contributed by atoms with E-state index in [2.05, 4.69) is 12.1 Å². The fourth-order valence-electron chi connectivity index (χ4n) is 3.94. The summed E-state index contributed by atoms with van der Waals surface area (Å²) in [7, 11) is 0. The Balaban J connectivity index is 1.68. The summed E-state index contributed by atoms with van der Waals surface area (Å²) in [5.41, 5.74) is 11.7. The van der Waals surface area contributed by atoms with Crippen LogP contribution < -0.4 is 10.5 Å². The van der Waals surface area contributed by atoms with Gasteiger partial charge in [-0.15, -0.1) is 0 Å². The number of hydrogen-bond acceptors (Lipinski definition) is 6. The zero-order chi connectivity index (χ0) is 24.1. The van der Waals surface area contributed by atoms with E-state index in [1.807, 2.05) is 43.3 Å². The second-order valence-electron chi connectivity index (χ2n) is 8.03. The van der Waals surface area contributed by atoms with Crippen LogP contribution in [0.15, 0.2) is 65.1 Å². The van der Waals surface area contributed by atoms with Crippen molar-refractivity contribution in [3.05, 3.63) is 88.7 Å². The van der Waals surface area contributed by atoms with E-state index in [9.17, 15) is 10.1 Å². The second-order valence-corrected chi connectivity index (χ2v) is 8.03. The van der Waals surface area contributed by atoms with Gasteiger partial charge >= 0.3 is 5.97 Å². The van der Waals surface area contributed by atoms with Gasteiger partial charge in [-0.1, -0.05) is 24.3 Å². The SMILES string of the molecule is CCOC(=O)Cc1ccc(C#N)cc1OCc1cc(-c2cccc(CN)c2)c2oc(C)cc2c1. The van der Waals surface area contributed by atoms with Crippen molar-refractivity contribution >= 4 is 16.9 Å². The third kappa shape index (κ3) is 5.11. The number of esters is 1. The molecule has 172 valence electrons. The van der Waals surface area contributed by atoms with E-state index in [-0.39, 0.29) is 19.0 Å². The van der Waals surface area contributed by atoms with Gasteiger partial charge in [0.15, 0.2) is 0 Å². The zero-order valence-electron chi connectivity index (χ0n) is 19.3. The molecule has 34 heavy (non-hydrogen) atoms. The predicted octanol–water partition coefficient (Wildman–Crippen LogP) is 5.42. The third-order valence-corrected chi connectivity index (χ3v) is 5.50. The van der Waals surface area contributed by atoms with E-state index in [0.29, 0.717) is 30.0 Å². The Kier molecular flexibility index (Phi) is 6.95. The summed E-state index contributed by atoms with van der Waals surface area (Å²) in [5, 5.41) is 10.3. The van der Waals surface area contributed by atoms with Crippen molar-refractivity contribution in [2.75, 3.05) is 6.61 Å². The number of nitrogens with two attached hydrogens (primary N) is 1. The normalized spacial score (nSPS) is 10.8. The molecule has 0 atom stereocenters. The number of nitriles is 1. The molecule has 0 fully saturated rings. The number of fused-ring (bicyclic) bond motifs is 1. The third-order valence-electron chi connectivity index (χ3n) is 5.50. The van der Waals surface area contributed by atoms with Crippen LogP contribution in [0.2, 0.25) is 0 Å². The Morgan fingerprint density at radius 1 is 1.09 bits per heavy atom. The first kappa shape index (κ1) is 23.1. The molecule has 2 N–H and O–H groups in total. The van der Waals surface area contributed by atoms with Crippen LogP contribution in [-0.4, -0.2) is 12.6 Å². The fraction of sp³-hybridized carbons (Fsp3) is 0.214. The van der Waals surface area contributed by atoms with Crippen molar-refractivity contribution in [1.82, 2.24) is 0 Å². The molecule has 6 heteroatoms. The number of aryl methyl sites for hydroxylation is 1. The van der Waals surface area contributed by atoms with Crippen molar-refractivity contribution in [1.29, 1.82) is 5.26 Å². The van der Waals surface area contributed by atoms with E-state index in [0.717, 1.165) is 39.0 Å². The van der Waals surface area contributed by atoms with Gasteiger partial charge in [0.25, 0.3) is 0 Å². The van der Waals surface area contributed by atoms with Gasteiger partial charge < -0.3 is 19.6 Å². The van der Waals surface area contributed by atoms with Crippen LogP contribution in [0.3, 0.4) is 0 Å². The van der Waals surface area contributed by atoms with Crippen molar-refractivity contribution in [2.24, 2.45) is 5.73 Å². The average Bonchev–Trinajstić information content (AvgIpc) is 3.23. The summed E-state index contributed by atoms with van der Waals surface area (Å²) in [6.45, 7) is 4.71. The molecule has 1 aromatic heterocycles. The minimum Gasteiger partial charge on any atom is -0.489 e. The number of nitrogens with zero attached hydrogens (tertiary/aromatic N) is 1. The van der Waals surface area contributed by atoms with Gasteiger partial charge in [0, 0.05) is 23.1 Å². The minimum atomic E-state index is -0.338. The molecule has 4 rings (SSSR count). The van der Waals surface area contributed by atoms with Gasteiger partial charge in [0.05, 0.1) is 24.7 Å². The van der Waals surface area contributed by atoms with Crippen LogP contribution in [0.5, 0.6) is 5.75 Å². The molecule has 3 aromatic carbocycles. The van der Waals surface area contributed by atoms with E-state index in [1.54, 1.807) is 25.1 Å². The Bertz CT molecular complexity index is 1380. The van der Waals surface area contributed by atoms with Gasteiger partial charge in [-0.3, -0.25) is 4.79 Å². The molecule has 4 aromatic rings. The largest absolute Gasteiger partial charge is 0.489 e. The lowest BCUT2D eigenvalue weighted by Gasteiger charge is -2.13. The highest BCUT2D eigenvalue weighted by Crippen LogP contribution is 2.33. The van der Waals surface area contributed by atoms with Gasteiger partial charge in [0.2, 0.25) is 0 Å². The zero-order valence-corrected chi connectivity index (χ0v) is 19.3. The van der Waals surface area contributed by atoms with Crippen LogP contribution in [0.1, 0.15) is 34.9 Å². The molecular weight excluding hydrogens is 428 g/mol. The standard InChI is InChI=1S/C28H26N2O4/c1-3-32-27(31)14-23-8-7-20(16-30)13-26(23)33-17-21-11-24-9-18(2)34-28(24)25(12-21)22-6-4-5-19(10-22)15-29/h4-13H,3,14-15,17,29H2,1-2H3. The van der Waals surface area contributed by atoms with Crippen molar-refractivity contribution in [2.45, 2.75) is 33.4 Å². The smallest absolute Gasteiger partial charge is 0.310 e. The molecule has 0 bridgehead atoms. The van der Waals surface area contributed by atoms with Crippen LogP contribution in [0.25, 0.3) is 22.1 Å². The van der Waals surface area contributed by atoms with Crippen LogP contribution >= 0.6 is 0 Å². The molecule has 0 aliphatic heterocycles. The predicted molar refractivity (Wildman–Crippen MR) is 130 cm³/mol. The maximum absolute atomic E-state index is 12.0. The van der Waals surface area contributed by atoms with Crippen LogP contribution in [-0.2, 0) is 29.1 Å². The van der Waals surface area contributed by atoms with Gasteiger partial charge in [-0.2, -0.15) is 5.26 Å². The molecule has 6 nitrogen and oxygen atoms in total. The fourth-order valence-corrected chi connectivity index (χ4v) is 3.94. The molecular formula is C28H26N2O4. The molecule has 1 heterocycles. The minimum absolute atomic E-state index is 0.0754. The highest BCUT2D eigenvalue weighted by Gasteiger charge is 2.14. The summed E-state index contributed by atoms with van der Waals surface area (Å²) in [6.07, 6.45) is 0.0754. The van der Waals surface area contributed by atoms with Crippen molar-refractivity contribution in [3.8, 4) is 22.9 Å². The lowest BCUT2D eigenvalue weighted by Crippen LogP contribution is -2.09. The number of carbonyl (C=O) groups is 1. The first-order chi connectivity index (χ1) is 16.5. The Labute approximate surface area is 198 Å². The lowest BCUT2D eigenvalue weighted by molar-refractivity contribution is -0.142. The van der Waals surface area contributed by atoms with Crippen LogP contribution in [0.4, 0.5) is 0 Å². The first-order valence-corrected chi connectivity index (χ1v) is 11.1. The highest BCUT2D eigenvalue weighted by molar-refractivity contribution is 5.93. The van der Waals surface area contributed by atoms with Crippen molar-refractivity contribution in [3.63, 3.8) is 0 Å². The number of rotatable bonds is 8. The molecule has 0 saturated heterocycles. The highest BCUT2D eigenvalue weighted by atomic mass is 16.5. The molecule has 0 aliphatic rings. The summed E-state index contributed by atoms with van der Waals surface area (Å²) < 4.78 is 17.2. The number of furan rings is 1.